The third-order valence-electron chi connectivity index (χ3n) is 3.91. The minimum absolute atomic E-state index is 0.00658. The third-order valence-corrected chi connectivity index (χ3v) is 3.91. The number of aromatic hydroxyl groups is 1. The average molecular weight is 360 g/mol. The highest BCUT2D eigenvalue weighted by molar-refractivity contribution is 5.95. The van der Waals surface area contributed by atoms with Gasteiger partial charge in [0.25, 0.3) is 5.91 Å². The molecule has 8 heteroatoms. The number of phenols is 1. The molecule has 1 aromatic heterocycles. The second-order valence-corrected chi connectivity index (χ2v) is 6.05. The number of aliphatic hydroxyl groups is 1. The summed E-state index contributed by atoms with van der Waals surface area (Å²) in [6.45, 7) is 3.31. The van der Waals surface area contributed by atoms with E-state index in [1.165, 1.54) is 18.5 Å². The molecular weight excluding hydrogens is 336 g/mol. The van der Waals surface area contributed by atoms with Gasteiger partial charge in [0.2, 0.25) is 0 Å². The van der Waals surface area contributed by atoms with Crippen molar-refractivity contribution in [1.29, 1.82) is 0 Å². The Morgan fingerprint density at radius 1 is 1.35 bits per heavy atom. The van der Waals surface area contributed by atoms with Crippen LogP contribution in [0.4, 0.5) is 0 Å². The lowest BCUT2D eigenvalue weighted by Gasteiger charge is -2.18. The Balaban J connectivity index is 1.72. The molecule has 5 N–H and O–H groups in total. The van der Waals surface area contributed by atoms with Gasteiger partial charge in [-0.3, -0.25) is 4.79 Å². The van der Waals surface area contributed by atoms with Crippen LogP contribution in [0.1, 0.15) is 40.9 Å². The fourth-order valence-electron chi connectivity index (χ4n) is 2.35. The molecule has 26 heavy (non-hydrogen) atoms. The summed E-state index contributed by atoms with van der Waals surface area (Å²) in [4.78, 5) is 19.1. The second kappa shape index (κ2) is 9.81. The number of carbonyl (C=O) groups excluding carboxylic acids is 1. The topological polar surface area (TPSA) is 131 Å². The van der Waals surface area contributed by atoms with E-state index in [0.717, 1.165) is 12.0 Å². The molecule has 140 valence electrons. The Kier molecular flexibility index (Phi) is 7.46. The number of benzene rings is 1. The molecule has 2 unspecified atom stereocenters. The Hall–Kier alpha value is -2.55. The second-order valence-electron chi connectivity index (χ2n) is 6.05. The van der Waals surface area contributed by atoms with Gasteiger partial charge in [-0.2, -0.15) is 0 Å². The van der Waals surface area contributed by atoms with Gasteiger partial charge in [0.1, 0.15) is 12.1 Å². The standard InChI is InChI=1S/C18H24N4O4/c1-12(4-5-26-10-13-7-20-11-21-8-13)22-9-17(24)14-2-3-16(23)15(6-14)18(19)25/h2-3,6-8,11-12,17,22-24H,4-5,9-10H2,1H3,(H2,19,25). The van der Waals surface area contributed by atoms with Crippen molar-refractivity contribution in [3.8, 4) is 5.75 Å². The van der Waals surface area contributed by atoms with Crippen LogP contribution in [-0.4, -0.2) is 45.3 Å². The smallest absolute Gasteiger partial charge is 0.252 e. The molecule has 2 rings (SSSR count). The number of ether oxygens (including phenoxy) is 1. The molecule has 2 atom stereocenters. The van der Waals surface area contributed by atoms with E-state index in [1.54, 1.807) is 18.5 Å². The molecule has 0 radical (unpaired) electrons. The Morgan fingerprint density at radius 3 is 2.77 bits per heavy atom. The first-order valence-electron chi connectivity index (χ1n) is 8.33. The number of hydrogen-bond donors (Lipinski definition) is 4. The molecule has 0 aliphatic heterocycles. The highest BCUT2D eigenvalue weighted by Gasteiger charge is 2.14. The van der Waals surface area contributed by atoms with Crippen molar-refractivity contribution >= 4 is 5.91 Å². The first-order chi connectivity index (χ1) is 12.5. The van der Waals surface area contributed by atoms with Crippen LogP contribution in [0.25, 0.3) is 0 Å². The fourth-order valence-corrected chi connectivity index (χ4v) is 2.35. The molecule has 0 saturated carbocycles. The van der Waals surface area contributed by atoms with Crippen LogP contribution in [0.2, 0.25) is 0 Å². The lowest BCUT2D eigenvalue weighted by Crippen LogP contribution is -2.31. The maximum atomic E-state index is 11.3. The van der Waals surface area contributed by atoms with Crippen molar-refractivity contribution in [3.63, 3.8) is 0 Å². The number of aliphatic hydroxyl groups excluding tert-OH is 1. The molecule has 0 bridgehead atoms. The van der Waals surface area contributed by atoms with E-state index in [2.05, 4.69) is 15.3 Å². The van der Waals surface area contributed by atoms with Crippen LogP contribution in [0.3, 0.4) is 0 Å². The van der Waals surface area contributed by atoms with Crippen LogP contribution < -0.4 is 11.1 Å². The van der Waals surface area contributed by atoms with E-state index >= 15 is 0 Å². The summed E-state index contributed by atoms with van der Waals surface area (Å²) >= 11 is 0. The number of primary amides is 1. The first-order valence-corrected chi connectivity index (χ1v) is 8.33. The van der Waals surface area contributed by atoms with Gasteiger partial charge < -0.3 is 26.0 Å². The Labute approximate surface area is 152 Å². The molecule has 0 aliphatic rings. The molecule has 1 aromatic carbocycles. The maximum absolute atomic E-state index is 11.3. The van der Waals surface area contributed by atoms with Crippen LogP contribution in [-0.2, 0) is 11.3 Å². The molecule has 8 nitrogen and oxygen atoms in total. The number of amides is 1. The van der Waals surface area contributed by atoms with Crippen molar-refractivity contribution in [2.75, 3.05) is 13.2 Å². The largest absolute Gasteiger partial charge is 0.507 e. The zero-order chi connectivity index (χ0) is 18.9. The van der Waals surface area contributed by atoms with Gasteiger partial charge in [0, 0.05) is 37.2 Å². The number of nitrogens with two attached hydrogens (primary N) is 1. The zero-order valence-corrected chi connectivity index (χ0v) is 14.6. The van der Waals surface area contributed by atoms with Gasteiger partial charge in [-0.25, -0.2) is 9.97 Å². The molecular formula is C18H24N4O4. The fraction of sp³-hybridized carbons (Fsp3) is 0.389. The number of rotatable bonds is 10. The molecule has 0 spiro atoms. The van der Waals surface area contributed by atoms with Gasteiger partial charge >= 0.3 is 0 Å². The molecule has 0 saturated heterocycles. The monoisotopic (exact) mass is 360 g/mol. The van der Waals surface area contributed by atoms with Gasteiger partial charge in [-0.1, -0.05) is 6.07 Å². The van der Waals surface area contributed by atoms with Gasteiger partial charge in [-0.15, -0.1) is 0 Å². The maximum Gasteiger partial charge on any atom is 0.252 e. The van der Waals surface area contributed by atoms with E-state index < -0.39 is 12.0 Å². The third kappa shape index (κ3) is 6.07. The van der Waals surface area contributed by atoms with Crippen LogP contribution in [0, 0.1) is 0 Å². The highest BCUT2D eigenvalue weighted by Crippen LogP contribution is 2.22. The van der Waals surface area contributed by atoms with Crippen LogP contribution in [0.5, 0.6) is 5.75 Å². The lowest BCUT2D eigenvalue weighted by atomic mass is 10.0. The van der Waals surface area contributed by atoms with E-state index in [0.29, 0.717) is 25.3 Å². The summed E-state index contributed by atoms with van der Waals surface area (Å²) in [6.07, 6.45) is 4.84. The van der Waals surface area contributed by atoms with Crippen molar-refractivity contribution in [3.05, 3.63) is 53.6 Å². The average Bonchev–Trinajstić information content (AvgIpc) is 2.64. The minimum atomic E-state index is -0.821. The molecule has 1 amide bonds. The van der Waals surface area contributed by atoms with E-state index in [9.17, 15) is 15.0 Å². The van der Waals surface area contributed by atoms with E-state index in [1.807, 2.05) is 6.92 Å². The van der Waals surface area contributed by atoms with Crippen molar-refractivity contribution < 1.29 is 19.7 Å². The number of nitrogens with one attached hydrogen (secondary N) is 1. The molecule has 0 aliphatic carbocycles. The van der Waals surface area contributed by atoms with Crippen LogP contribution in [0.15, 0.2) is 36.9 Å². The quantitative estimate of drug-likeness (QED) is 0.463. The lowest BCUT2D eigenvalue weighted by molar-refractivity contribution is 0.0997. The van der Waals surface area contributed by atoms with Crippen molar-refractivity contribution in [1.82, 2.24) is 15.3 Å². The summed E-state index contributed by atoms with van der Waals surface area (Å²) in [5, 5.41) is 23.0. The summed E-state index contributed by atoms with van der Waals surface area (Å²) in [5.74, 6) is -0.936. The first kappa shape index (κ1) is 19.8. The predicted octanol–water partition coefficient (Wildman–Crippen LogP) is 0.899. The Bertz CT molecular complexity index is 712. The molecule has 0 fully saturated rings. The number of aromatic nitrogens is 2. The van der Waals surface area contributed by atoms with Gasteiger partial charge in [-0.05, 0) is 31.0 Å². The van der Waals surface area contributed by atoms with Gasteiger partial charge in [0.05, 0.1) is 18.3 Å². The van der Waals surface area contributed by atoms with Crippen molar-refractivity contribution in [2.24, 2.45) is 5.73 Å². The van der Waals surface area contributed by atoms with E-state index in [4.69, 9.17) is 10.5 Å². The SMILES string of the molecule is CC(CCOCc1cncnc1)NCC(O)c1ccc(O)c(C(N)=O)c1. The molecule has 1 heterocycles. The zero-order valence-electron chi connectivity index (χ0n) is 14.6. The molecule has 2 aromatic rings. The Morgan fingerprint density at radius 2 is 2.08 bits per heavy atom. The van der Waals surface area contributed by atoms with Crippen LogP contribution >= 0.6 is 0 Å². The summed E-state index contributed by atoms with van der Waals surface area (Å²) < 4.78 is 5.58. The summed E-state index contributed by atoms with van der Waals surface area (Å²) in [5.41, 5.74) is 6.62. The number of nitrogens with zero attached hydrogens (tertiary/aromatic N) is 2. The highest BCUT2D eigenvalue weighted by atomic mass is 16.5. The normalized spacial score (nSPS) is 13.3. The number of carbonyl (C=O) groups is 1. The minimum Gasteiger partial charge on any atom is -0.507 e. The number of hydrogen-bond acceptors (Lipinski definition) is 7. The van der Waals surface area contributed by atoms with Crippen molar-refractivity contribution in [2.45, 2.75) is 32.1 Å². The summed E-state index contributed by atoms with van der Waals surface area (Å²) in [7, 11) is 0. The van der Waals surface area contributed by atoms with E-state index in [-0.39, 0.29) is 17.4 Å². The predicted molar refractivity (Wildman–Crippen MR) is 95.4 cm³/mol. The van der Waals surface area contributed by atoms with Gasteiger partial charge in [0.15, 0.2) is 0 Å². The summed E-state index contributed by atoms with van der Waals surface area (Å²) in [6, 6.07) is 4.44.